The zero-order chi connectivity index (χ0) is 15.2. The summed E-state index contributed by atoms with van der Waals surface area (Å²) in [5.74, 6) is -0.546. The number of rotatable bonds is 6. The van der Waals surface area contributed by atoms with Crippen molar-refractivity contribution in [1.29, 1.82) is 0 Å². The van der Waals surface area contributed by atoms with E-state index in [1.54, 1.807) is 0 Å². The third-order valence-electron chi connectivity index (χ3n) is 2.71. The Morgan fingerprint density at radius 1 is 1.33 bits per heavy atom. The molecule has 1 heterocycles. The maximum atomic E-state index is 12.1. The molecule has 2 rings (SSSR count). The molecule has 0 saturated carbocycles. The molecule has 0 fully saturated rings. The molecule has 0 atom stereocenters. The molecule has 6 nitrogen and oxygen atoms in total. The van der Waals surface area contributed by atoms with E-state index in [0.717, 1.165) is 17.5 Å². The second-order valence-electron chi connectivity index (χ2n) is 4.26. The number of carbonyl (C=O) groups excluding carboxylic acids is 2. The van der Waals surface area contributed by atoms with Crippen LogP contribution in [0.1, 0.15) is 20.3 Å². The fourth-order valence-electron chi connectivity index (χ4n) is 1.76. The summed E-state index contributed by atoms with van der Waals surface area (Å²) < 4.78 is 7.03. The van der Waals surface area contributed by atoms with Crippen molar-refractivity contribution in [3.63, 3.8) is 0 Å². The average Bonchev–Trinajstić information content (AvgIpc) is 2.87. The number of para-hydroxylation sites is 2. The SMILES string of the molecule is CCNC(=O)CC(=O)N(CC)Sc1nc2ccccc2o1. The van der Waals surface area contributed by atoms with E-state index in [4.69, 9.17) is 4.42 Å². The highest BCUT2D eigenvalue weighted by Gasteiger charge is 2.19. The minimum absolute atomic E-state index is 0.172. The molecule has 0 aliphatic carbocycles. The number of carbonyl (C=O) groups is 2. The lowest BCUT2D eigenvalue weighted by Gasteiger charge is -2.16. The van der Waals surface area contributed by atoms with Crippen molar-refractivity contribution in [1.82, 2.24) is 14.6 Å². The minimum atomic E-state index is -0.279. The van der Waals surface area contributed by atoms with E-state index in [1.165, 1.54) is 4.31 Å². The van der Waals surface area contributed by atoms with Gasteiger partial charge in [-0.25, -0.2) is 4.98 Å². The van der Waals surface area contributed by atoms with Crippen LogP contribution in [0.3, 0.4) is 0 Å². The Kier molecular flexibility index (Phi) is 5.21. The highest BCUT2D eigenvalue weighted by atomic mass is 32.2. The molecule has 1 N–H and O–H groups in total. The molecule has 0 aliphatic rings. The molecule has 2 amide bonds. The number of hydrogen-bond donors (Lipinski definition) is 1. The van der Waals surface area contributed by atoms with E-state index < -0.39 is 0 Å². The third-order valence-corrected chi connectivity index (χ3v) is 3.73. The van der Waals surface area contributed by atoms with Crippen molar-refractivity contribution >= 4 is 34.9 Å². The number of fused-ring (bicyclic) bond motifs is 1. The summed E-state index contributed by atoms with van der Waals surface area (Å²) >= 11 is 1.11. The smallest absolute Gasteiger partial charge is 0.278 e. The molecular weight excluding hydrogens is 290 g/mol. The van der Waals surface area contributed by atoms with E-state index in [2.05, 4.69) is 10.3 Å². The lowest BCUT2D eigenvalue weighted by Crippen LogP contribution is -2.31. The van der Waals surface area contributed by atoms with Crippen molar-refractivity contribution in [2.24, 2.45) is 0 Å². The van der Waals surface area contributed by atoms with Gasteiger partial charge in [-0.2, -0.15) is 0 Å². The van der Waals surface area contributed by atoms with Crippen molar-refractivity contribution in [2.75, 3.05) is 13.1 Å². The standard InChI is InChI=1S/C14H17N3O3S/c1-3-15-12(18)9-13(19)17(4-2)21-14-16-10-7-5-6-8-11(10)20-14/h5-8H,3-4,9H2,1-2H3,(H,15,18). The van der Waals surface area contributed by atoms with Gasteiger partial charge in [-0.15, -0.1) is 0 Å². The Bertz CT molecular complexity index is 608. The number of hydrogen-bond acceptors (Lipinski definition) is 5. The van der Waals surface area contributed by atoms with E-state index >= 15 is 0 Å². The molecule has 112 valence electrons. The van der Waals surface area contributed by atoms with Crippen LogP contribution in [0.2, 0.25) is 0 Å². The first-order chi connectivity index (χ1) is 10.1. The summed E-state index contributed by atoms with van der Waals surface area (Å²) in [5, 5.41) is 3.00. The topological polar surface area (TPSA) is 75.4 Å². The molecule has 0 aliphatic heterocycles. The third kappa shape index (κ3) is 3.98. The van der Waals surface area contributed by atoms with E-state index in [0.29, 0.717) is 23.9 Å². The maximum Gasteiger partial charge on any atom is 0.278 e. The Labute approximate surface area is 127 Å². The monoisotopic (exact) mass is 307 g/mol. The number of oxazole rings is 1. The summed E-state index contributed by atoms with van der Waals surface area (Å²) in [6.45, 7) is 4.62. The number of benzene rings is 1. The van der Waals surface area contributed by atoms with Crippen LogP contribution in [0.15, 0.2) is 33.9 Å². The molecule has 0 saturated heterocycles. The first kappa shape index (κ1) is 15.4. The highest BCUT2D eigenvalue weighted by Crippen LogP contribution is 2.26. The highest BCUT2D eigenvalue weighted by molar-refractivity contribution is 7.97. The van der Waals surface area contributed by atoms with Crippen molar-refractivity contribution in [3.8, 4) is 0 Å². The first-order valence-electron chi connectivity index (χ1n) is 6.74. The van der Waals surface area contributed by atoms with Gasteiger partial charge in [-0.1, -0.05) is 12.1 Å². The molecule has 2 aromatic rings. The van der Waals surface area contributed by atoms with Gasteiger partial charge in [-0.3, -0.25) is 13.9 Å². The Balaban J connectivity index is 2.04. The van der Waals surface area contributed by atoms with E-state index in [1.807, 2.05) is 38.1 Å². The van der Waals surface area contributed by atoms with Crippen LogP contribution in [0, 0.1) is 0 Å². The summed E-state index contributed by atoms with van der Waals surface area (Å²) in [4.78, 5) is 27.8. The molecule has 0 unspecified atom stereocenters. The van der Waals surface area contributed by atoms with Gasteiger partial charge in [0, 0.05) is 13.1 Å². The zero-order valence-electron chi connectivity index (χ0n) is 12.0. The predicted octanol–water partition coefficient (Wildman–Crippen LogP) is 2.21. The largest absolute Gasteiger partial charge is 0.430 e. The molecular formula is C14H17N3O3S. The normalized spacial score (nSPS) is 10.6. The van der Waals surface area contributed by atoms with Crippen LogP contribution < -0.4 is 5.32 Å². The summed E-state index contributed by atoms with van der Waals surface area (Å²) in [7, 11) is 0. The molecule has 0 spiro atoms. The fraction of sp³-hybridized carbons (Fsp3) is 0.357. The van der Waals surface area contributed by atoms with E-state index in [-0.39, 0.29) is 18.2 Å². The second kappa shape index (κ2) is 7.12. The Morgan fingerprint density at radius 3 is 2.76 bits per heavy atom. The number of nitrogens with zero attached hydrogens (tertiary/aromatic N) is 2. The molecule has 0 bridgehead atoms. The van der Waals surface area contributed by atoms with Crippen LogP contribution in [0.4, 0.5) is 0 Å². The van der Waals surface area contributed by atoms with Gasteiger partial charge in [0.25, 0.3) is 5.22 Å². The van der Waals surface area contributed by atoms with Crippen LogP contribution in [0.5, 0.6) is 0 Å². The number of aromatic nitrogens is 1. The lowest BCUT2D eigenvalue weighted by molar-refractivity contribution is -0.132. The van der Waals surface area contributed by atoms with Gasteiger partial charge in [0.1, 0.15) is 11.9 Å². The first-order valence-corrected chi connectivity index (χ1v) is 7.52. The summed E-state index contributed by atoms with van der Waals surface area (Å²) in [5.41, 5.74) is 1.42. The number of amides is 2. The Morgan fingerprint density at radius 2 is 2.10 bits per heavy atom. The van der Waals surface area contributed by atoms with Gasteiger partial charge in [0.2, 0.25) is 11.8 Å². The molecule has 1 aromatic heterocycles. The van der Waals surface area contributed by atoms with Crippen molar-refractivity contribution in [2.45, 2.75) is 25.5 Å². The van der Waals surface area contributed by atoms with Crippen LogP contribution >= 0.6 is 11.9 Å². The van der Waals surface area contributed by atoms with Crippen molar-refractivity contribution < 1.29 is 14.0 Å². The average molecular weight is 307 g/mol. The molecule has 7 heteroatoms. The Hall–Kier alpha value is -2.02. The van der Waals surface area contributed by atoms with Gasteiger partial charge >= 0.3 is 0 Å². The quantitative estimate of drug-likeness (QED) is 0.654. The maximum absolute atomic E-state index is 12.1. The molecule has 0 radical (unpaired) electrons. The van der Waals surface area contributed by atoms with Gasteiger partial charge in [0.05, 0.1) is 11.9 Å². The lowest BCUT2D eigenvalue weighted by atomic mass is 10.3. The fourth-order valence-corrected chi connectivity index (χ4v) is 2.51. The summed E-state index contributed by atoms with van der Waals surface area (Å²) in [6, 6.07) is 7.39. The summed E-state index contributed by atoms with van der Waals surface area (Å²) in [6.07, 6.45) is -0.172. The van der Waals surface area contributed by atoms with Crippen LogP contribution in [-0.4, -0.2) is 34.2 Å². The van der Waals surface area contributed by atoms with Gasteiger partial charge < -0.3 is 9.73 Å². The number of nitrogens with one attached hydrogen (secondary N) is 1. The van der Waals surface area contributed by atoms with Gasteiger partial charge in [0.15, 0.2) is 5.58 Å². The van der Waals surface area contributed by atoms with Crippen molar-refractivity contribution in [3.05, 3.63) is 24.3 Å². The van der Waals surface area contributed by atoms with Crippen LogP contribution in [-0.2, 0) is 9.59 Å². The van der Waals surface area contributed by atoms with Crippen LogP contribution in [0.25, 0.3) is 11.1 Å². The molecule has 1 aromatic carbocycles. The van der Waals surface area contributed by atoms with Gasteiger partial charge in [-0.05, 0) is 26.0 Å². The minimum Gasteiger partial charge on any atom is -0.430 e. The zero-order valence-corrected chi connectivity index (χ0v) is 12.8. The predicted molar refractivity (Wildman–Crippen MR) is 80.6 cm³/mol. The molecule has 21 heavy (non-hydrogen) atoms. The second-order valence-corrected chi connectivity index (χ2v) is 5.23. The van der Waals surface area contributed by atoms with E-state index in [9.17, 15) is 9.59 Å².